The Bertz CT molecular complexity index is 542. The van der Waals surface area contributed by atoms with E-state index in [1.165, 1.54) is 6.07 Å². The highest BCUT2D eigenvalue weighted by Crippen LogP contribution is 2.20. The minimum atomic E-state index is -4.42. The van der Waals surface area contributed by atoms with Crippen LogP contribution in [0.25, 0.3) is 0 Å². The number of anilines is 1. The van der Waals surface area contributed by atoms with E-state index in [1.807, 2.05) is 10.2 Å². The van der Waals surface area contributed by atoms with E-state index >= 15 is 0 Å². The molecule has 128 valence electrons. The molecule has 0 bridgehead atoms. The molecule has 8 heteroatoms. The Balaban J connectivity index is 1.86. The fourth-order valence-electron chi connectivity index (χ4n) is 2.56. The Hall–Kier alpha value is -1.83. The Morgan fingerprint density at radius 1 is 1.22 bits per heavy atom. The molecule has 4 nitrogen and oxygen atoms in total. The molecule has 2 rings (SSSR count). The van der Waals surface area contributed by atoms with E-state index in [1.54, 1.807) is 30.0 Å². The summed E-state index contributed by atoms with van der Waals surface area (Å²) >= 11 is 0. The highest BCUT2D eigenvalue weighted by molar-refractivity contribution is 5.81. The number of nitrogens with zero attached hydrogens (tertiary/aromatic N) is 2. The zero-order valence-corrected chi connectivity index (χ0v) is 12.7. The van der Waals surface area contributed by atoms with Gasteiger partial charge in [-0.25, -0.2) is 4.39 Å². The third-order valence-electron chi connectivity index (χ3n) is 3.90. The van der Waals surface area contributed by atoms with Crippen LogP contribution in [-0.4, -0.2) is 55.7 Å². The summed E-state index contributed by atoms with van der Waals surface area (Å²) in [6, 6.07) is 5.78. The molecular weight excluding hydrogens is 314 g/mol. The predicted molar refractivity (Wildman–Crippen MR) is 78.7 cm³/mol. The van der Waals surface area contributed by atoms with E-state index < -0.39 is 24.7 Å². The van der Waals surface area contributed by atoms with E-state index in [0.717, 1.165) is 0 Å². The van der Waals surface area contributed by atoms with Crippen molar-refractivity contribution in [2.24, 2.45) is 0 Å². The summed E-state index contributed by atoms with van der Waals surface area (Å²) in [4.78, 5) is 15.4. The van der Waals surface area contributed by atoms with Crippen LogP contribution in [0.3, 0.4) is 0 Å². The minimum absolute atomic E-state index is 0.308. The van der Waals surface area contributed by atoms with Crippen molar-refractivity contribution in [1.82, 2.24) is 10.2 Å². The van der Waals surface area contributed by atoms with Crippen molar-refractivity contribution in [3.05, 3.63) is 30.1 Å². The van der Waals surface area contributed by atoms with Crippen molar-refractivity contribution in [2.75, 3.05) is 37.6 Å². The molecule has 1 aliphatic heterocycles. The van der Waals surface area contributed by atoms with Crippen LogP contribution in [0.15, 0.2) is 24.3 Å². The standard InChI is InChI=1S/C15H19F4N3O/c1-11(14(23)20-10-15(17,18)19)21-6-8-22(9-7-21)13-5-3-2-4-12(13)16/h2-5,11H,6-10H2,1H3,(H,20,23). The normalized spacial score (nSPS) is 17.9. The Morgan fingerprint density at radius 2 is 1.83 bits per heavy atom. The maximum atomic E-state index is 13.7. The lowest BCUT2D eigenvalue weighted by molar-refractivity contribution is -0.141. The van der Waals surface area contributed by atoms with Gasteiger partial charge >= 0.3 is 6.18 Å². The SMILES string of the molecule is CC(C(=O)NCC(F)(F)F)N1CCN(c2ccccc2F)CC1. The van der Waals surface area contributed by atoms with E-state index in [9.17, 15) is 22.4 Å². The number of hydrogen-bond acceptors (Lipinski definition) is 3. The van der Waals surface area contributed by atoms with Gasteiger partial charge in [0.2, 0.25) is 5.91 Å². The molecule has 0 aromatic heterocycles. The zero-order valence-electron chi connectivity index (χ0n) is 12.7. The van der Waals surface area contributed by atoms with Gasteiger partial charge in [-0.1, -0.05) is 12.1 Å². The van der Waals surface area contributed by atoms with Crippen LogP contribution in [0, 0.1) is 5.82 Å². The van der Waals surface area contributed by atoms with E-state index in [-0.39, 0.29) is 5.82 Å². The number of carbonyl (C=O) groups is 1. The van der Waals surface area contributed by atoms with Gasteiger partial charge in [0.05, 0.1) is 11.7 Å². The average molecular weight is 333 g/mol. The van der Waals surface area contributed by atoms with Gasteiger partial charge in [0, 0.05) is 26.2 Å². The van der Waals surface area contributed by atoms with Crippen LogP contribution >= 0.6 is 0 Å². The van der Waals surface area contributed by atoms with Crippen molar-refractivity contribution in [2.45, 2.75) is 19.1 Å². The Labute approximate surface area is 132 Å². The first-order valence-corrected chi connectivity index (χ1v) is 7.36. The monoisotopic (exact) mass is 333 g/mol. The summed E-state index contributed by atoms with van der Waals surface area (Å²) in [6.07, 6.45) is -4.42. The van der Waals surface area contributed by atoms with Gasteiger partial charge < -0.3 is 10.2 Å². The van der Waals surface area contributed by atoms with Gasteiger partial charge in [-0.3, -0.25) is 9.69 Å². The third kappa shape index (κ3) is 4.82. The predicted octanol–water partition coefficient (Wildman–Crippen LogP) is 2.01. The quantitative estimate of drug-likeness (QED) is 0.857. The van der Waals surface area contributed by atoms with E-state index in [0.29, 0.717) is 31.9 Å². The molecule has 0 aliphatic carbocycles. The van der Waals surface area contributed by atoms with Crippen LogP contribution in [0.4, 0.5) is 23.2 Å². The van der Waals surface area contributed by atoms with Gasteiger partial charge in [-0.05, 0) is 19.1 Å². The molecule has 1 atom stereocenters. The number of hydrogen-bond donors (Lipinski definition) is 1. The number of carbonyl (C=O) groups excluding carboxylic acids is 1. The molecule has 1 aliphatic rings. The summed E-state index contributed by atoms with van der Waals surface area (Å²) in [7, 11) is 0. The van der Waals surface area contributed by atoms with Gasteiger partial charge in [0.1, 0.15) is 12.4 Å². The fraction of sp³-hybridized carbons (Fsp3) is 0.533. The molecule has 0 spiro atoms. The van der Waals surface area contributed by atoms with E-state index in [2.05, 4.69) is 0 Å². The van der Waals surface area contributed by atoms with Crippen molar-refractivity contribution >= 4 is 11.6 Å². The van der Waals surface area contributed by atoms with Crippen LogP contribution in [-0.2, 0) is 4.79 Å². The van der Waals surface area contributed by atoms with Crippen molar-refractivity contribution in [3.8, 4) is 0 Å². The highest BCUT2D eigenvalue weighted by Gasteiger charge is 2.31. The van der Waals surface area contributed by atoms with Crippen LogP contribution < -0.4 is 10.2 Å². The number of benzene rings is 1. The number of amides is 1. The number of piperazine rings is 1. The van der Waals surface area contributed by atoms with Crippen molar-refractivity contribution < 1.29 is 22.4 Å². The fourth-order valence-corrected chi connectivity index (χ4v) is 2.56. The number of halogens is 4. The molecule has 1 aromatic rings. The van der Waals surface area contributed by atoms with Gasteiger partial charge in [0.25, 0.3) is 0 Å². The lowest BCUT2D eigenvalue weighted by Crippen LogP contribution is -2.54. The maximum absolute atomic E-state index is 13.7. The molecular formula is C15H19F4N3O. The lowest BCUT2D eigenvalue weighted by atomic mass is 10.2. The third-order valence-corrected chi connectivity index (χ3v) is 3.90. The lowest BCUT2D eigenvalue weighted by Gasteiger charge is -2.38. The van der Waals surface area contributed by atoms with Crippen molar-refractivity contribution in [1.29, 1.82) is 0 Å². The molecule has 1 N–H and O–H groups in total. The summed E-state index contributed by atoms with van der Waals surface area (Å²) in [6.45, 7) is 2.23. The van der Waals surface area contributed by atoms with Crippen LogP contribution in [0.1, 0.15) is 6.92 Å². The van der Waals surface area contributed by atoms with Gasteiger partial charge in [-0.2, -0.15) is 13.2 Å². The van der Waals surface area contributed by atoms with Crippen LogP contribution in [0.5, 0.6) is 0 Å². The number of rotatable bonds is 4. The van der Waals surface area contributed by atoms with Crippen molar-refractivity contribution in [3.63, 3.8) is 0 Å². The number of alkyl halides is 3. The first kappa shape index (κ1) is 17.5. The Morgan fingerprint density at radius 3 is 2.39 bits per heavy atom. The van der Waals surface area contributed by atoms with Gasteiger partial charge in [-0.15, -0.1) is 0 Å². The number of para-hydroxylation sites is 1. The van der Waals surface area contributed by atoms with E-state index in [4.69, 9.17) is 0 Å². The molecule has 1 amide bonds. The molecule has 23 heavy (non-hydrogen) atoms. The van der Waals surface area contributed by atoms with Crippen LogP contribution in [0.2, 0.25) is 0 Å². The second-order valence-corrected chi connectivity index (χ2v) is 5.48. The summed E-state index contributed by atoms with van der Waals surface area (Å²) in [5.41, 5.74) is 0.501. The molecule has 1 aromatic carbocycles. The smallest absolute Gasteiger partial charge is 0.367 e. The summed E-state index contributed by atoms with van der Waals surface area (Å²) in [5, 5.41) is 1.89. The zero-order chi connectivity index (χ0) is 17.0. The second kappa shape index (κ2) is 7.16. The minimum Gasteiger partial charge on any atom is -0.367 e. The van der Waals surface area contributed by atoms with Gasteiger partial charge in [0.15, 0.2) is 0 Å². The largest absolute Gasteiger partial charge is 0.405 e. The summed E-state index contributed by atoms with van der Waals surface area (Å²) in [5.74, 6) is -0.960. The summed E-state index contributed by atoms with van der Waals surface area (Å²) < 4.78 is 50.1. The highest BCUT2D eigenvalue weighted by atomic mass is 19.4. The second-order valence-electron chi connectivity index (χ2n) is 5.48. The molecule has 1 saturated heterocycles. The molecule has 0 radical (unpaired) electrons. The maximum Gasteiger partial charge on any atom is 0.405 e. The number of nitrogens with one attached hydrogen (secondary N) is 1. The molecule has 1 fully saturated rings. The average Bonchev–Trinajstić information content (AvgIpc) is 2.52. The Kier molecular flexibility index (Phi) is 5.46. The molecule has 1 heterocycles. The first-order chi connectivity index (χ1) is 10.8. The molecule has 1 unspecified atom stereocenters. The first-order valence-electron chi connectivity index (χ1n) is 7.36. The topological polar surface area (TPSA) is 35.6 Å². The molecule has 0 saturated carbocycles.